The molecule has 0 aliphatic rings. The van der Waals surface area contributed by atoms with Gasteiger partial charge in [-0.15, -0.1) is 0 Å². The van der Waals surface area contributed by atoms with Gasteiger partial charge in [0.2, 0.25) is 0 Å². The van der Waals surface area contributed by atoms with Gasteiger partial charge in [-0.3, -0.25) is 4.79 Å². The molecule has 11 heteroatoms. The van der Waals surface area contributed by atoms with Gasteiger partial charge in [0.05, 0.1) is 7.11 Å². The average Bonchev–Trinajstić information content (AvgIpc) is 2.66. The van der Waals surface area contributed by atoms with Gasteiger partial charge in [0.25, 0.3) is 0 Å². The largest absolute Gasteiger partial charge is 0.534 e. The van der Waals surface area contributed by atoms with Crippen molar-refractivity contribution < 1.29 is 39.7 Å². The highest BCUT2D eigenvalue weighted by atomic mass is 32.2. The third-order valence-corrected chi connectivity index (χ3v) is 6.99. The number of carbonyl (C=O) groups is 1. The van der Waals surface area contributed by atoms with E-state index in [9.17, 15) is 30.8 Å². The Bertz CT molecular complexity index is 1090. The lowest BCUT2D eigenvalue weighted by atomic mass is 9.92. The zero-order chi connectivity index (χ0) is 24.5. The fourth-order valence-electron chi connectivity index (χ4n) is 3.02. The average molecular weight is 494 g/mol. The Labute approximate surface area is 186 Å². The maximum absolute atomic E-state index is 13.5. The quantitative estimate of drug-likeness (QED) is 0.169. The van der Waals surface area contributed by atoms with Gasteiger partial charge >= 0.3 is 21.6 Å². The molecule has 0 saturated heterocycles. The van der Waals surface area contributed by atoms with Crippen LogP contribution in [0.15, 0.2) is 36.4 Å². The summed E-state index contributed by atoms with van der Waals surface area (Å²) >= 11 is 0. The Hall–Kier alpha value is -2.19. The van der Waals surface area contributed by atoms with Crippen molar-refractivity contribution in [2.24, 2.45) is 0 Å². The van der Waals surface area contributed by atoms with Crippen LogP contribution in [0.3, 0.4) is 0 Å². The summed E-state index contributed by atoms with van der Waals surface area (Å²) in [5.74, 6) is -1.86. The van der Waals surface area contributed by atoms with Crippen LogP contribution in [-0.4, -0.2) is 32.2 Å². The molecule has 0 aromatic heterocycles. The molecule has 176 valence electrons. The van der Waals surface area contributed by atoms with Crippen LogP contribution in [0.2, 0.25) is 0 Å². The molecule has 0 heterocycles. The Kier molecular flexibility index (Phi) is 7.62. The first-order chi connectivity index (χ1) is 14.6. The zero-order valence-corrected chi connectivity index (χ0v) is 19.8. The number of ether oxygens (including phenoxy) is 1. The number of halogens is 4. The van der Waals surface area contributed by atoms with Crippen molar-refractivity contribution >= 4 is 24.7 Å². The molecule has 0 amide bonds. The van der Waals surface area contributed by atoms with Crippen LogP contribution >= 0.6 is 8.58 Å². The van der Waals surface area contributed by atoms with Gasteiger partial charge < -0.3 is 8.92 Å². The summed E-state index contributed by atoms with van der Waals surface area (Å²) in [6.07, 6.45) is 0. The Morgan fingerprint density at radius 3 is 2.06 bits per heavy atom. The van der Waals surface area contributed by atoms with Crippen LogP contribution in [0.4, 0.5) is 17.6 Å². The van der Waals surface area contributed by atoms with Crippen molar-refractivity contribution in [3.8, 4) is 16.9 Å². The van der Waals surface area contributed by atoms with Crippen molar-refractivity contribution in [1.29, 1.82) is 0 Å². The highest BCUT2D eigenvalue weighted by molar-refractivity contribution is 7.88. The van der Waals surface area contributed by atoms with Gasteiger partial charge in [-0.2, -0.15) is 21.6 Å². The smallest absolute Gasteiger partial charge is 0.468 e. The van der Waals surface area contributed by atoms with E-state index in [1.165, 1.54) is 25.3 Å². The zero-order valence-electron chi connectivity index (χ0n) is 18.0. The molecule has 0 bridgehead atoms. The molecular formula is C21H23F4O5PS. The molecule has 0 spiro atoms. The summed E-state index contributed by atoms with van der Waals surface area (Å²) in [5.41, 5.74) is -5.68. The van der Waals surface area contributed by atoms with Gasteiger partial charge in [-0.1, -0.05) is 47.6 Å². The normalized spacial score (nSPS) is 13.9. The summed E-state index contributed by atoms with van der Waals surface area (Å²) in [7, 11) is -4.88. The number of aryl methyl sites for hydroxylation is 1. The lowest BCUT2D eigenvalue weighted by molar-refractivity contribution is -0.140. The molecule has 2 rings (SSSR count). The summed E-state index contributed by atoms with van der Waals surface area (Å²) in [6, 6.07) is 7.14. The number of hydrogen-bond acceptors (Lipinski definition) is 5. The molecule has 0 aliphatic heterocycles. The van der Waals surface area contributed by atoms with Crippen LogP contribution in [0, 0.1) is 12.7 Å². The third-order valence-electron chi connectivity index (χ3n) is 4.34. The first-order valence-corrected chi connectivity index (χ1v) is 11.8. The summed E-state index contributed by atoms with van der Waals surface area (Å²) in [4.78, 5) is 12.7. The number of hydrogen-bond donors (Lipinski definition) is 0. The van der Waals surface area contributed by atoms with E-state index < -0.39 is 38.8 Å². The van der Waals surface area contributed by atoms with E-state index in [1.54, 1.807) is 6.92 Å². The molecule has 5 nitrogen and oxygen atoms in total. The predicted molar refractivity (Wildman–Crippen MR) is 115 cm³/mol. The fourth-order valence-corrected chi connectivity index (χ4v) is 5.11. The predicted octanol–water partition coefficient (Wildman–Crippen LogP) is 5.72. The van der Waals surface area contributed by atoms with Crippen molar-refractivity contribution in [1.82, 2.24) is 0 Å². The van der Waals surface area contributed by atoms with Crippen molar-refractivity contribution in [3.63, 3.8) is 0 Å². The van der Waals surface area contributed by atoms with E-state index >= 15 is 0 Å². The lowest BCUT2D eigenvalue weighted by Gasteiger charge is -2.28. The number of esters is 1. The first kappa shape index (κ1) is 26.1. The maximum atomic E-state index is 13.5. The molecule has 2 unspecified atom stereocenters. The van der Waals surface area contributed by atoms with Gasteiger partial charge in [0, 0.05) is 5.56 Å². The SMILES string of the molecule is COC(=O)C(PC(C)(C)C)c1c(C)ccc(OS(=O)(=O)C(F)(F)F)c1-c1ccc(F)cc1. The van der Waals surface area contributed by atoms with Gasteiger partial charge in [-0.25, -0.2) is 4.39 Å². The summed E-state index contributed by atoms with van der Waals surface area (Å²) in [6.45, 7) is 7.27. The van der Waals surface area contributed by atoms with Gasteiger partial charge in [0.15, 0.2) is 5.75 Å². The monoisotopic (exact) mass is 494 g/mol. The molecule has 0 N–H and O–H groups in total. The molecule has 0 fully saturated rings. The van der Waals surface area contributed by atoms with E-state index in [2.05, 4.69) is 4.18 Å². The van der Waals surface area contributed by atoms with Crippen LogP contribution in [0.25, 0.3) is 11.1 Å². The number of methoxy groups -OCH3 is 1. The molecular weight excluding hydrogens is 471 g/mol. The third kappa shape index (κ3) is 5.98. The minimum absolute atomic E-state index is 0.0509. The van der Waals surface area contributed by atoms with Crippen molar-refractivity contribution in [2.75, 3.05) is 7.11 Å². The second-order valence-corrected chi connectivity index (χ2v) is 11.9. The van der Waals surface area contributed by atoms with Gasteiger partial charge in [-0.05, 0) is 47.0 Å². The highest BCUT2D eigenvalue weighted by Gasteiger charge is 2.49. The van der Waals surface area contributed by atoms with Crippen molar-refractivity contribution in [3.05, 3.63) is 53.3 Å². The van der Waals surface area contributed by atoms with E-state index in [0.717, 1.165) is 18.2 Å². The van der Waals surface area contributed by atoms with Crippen LogP contribution < -0.4 is 4.18 Å². The molecule has 2 aromatic carbocycles. The van der Waals surface area contributed by atoms with Crippen molar-refractivity contribution in [2.45, 2.75) is 44.0 Å². The highest BCUT2D eigenvalue weighted by Crippen LogP contribution is 2.51. The Morgan fingerprint density at radius 1 is 1.03 bits per heavy atom. The number of benzene rings is 2. The lowest BCUT2D eigenvalue weighted by Crippen LogP contribution is -2.28. The number of rotatable bonds is 6. The maximum Gasteiger partial charge on any atom is 0.534 e. The summed E-state index contributed by atoms with van der Waals surface area (Å²) in [5, 5.41) is -0.375. The minimum Gasteiger partial charge on any atom is -0.468 e. The fraction of sp³-hybridized carbons (Fsp3) is 0.381. The minimum atomic E-state index is -5.99. The molecule has 2 aromatic rings. The van der Waals surface area contributed by atoms with E-state index in [-0.39, 0.29) is 30.4 Å². The first-order valence-electron chi connectivity index (χ1n) is 9.33. The standard InChI is InChI=1S/C21H23F4O5PS/c1-12-6-11-15(30-32(27,28)21(23,24)25)17(13-7-9-14(22)10-8-13)16(12)18(19(26)29-5)31-20(2,3)4/h6-11,18,31H,1-5H3. The van der Waals surface area contributed by atoms with E-state index in [1.807, 2.05) is 20.8 Å². The van der Waals surface area contributed by atoms with E-state index in [0.29, 0.717) is 5.56 Å². The van der Waals surface area contributed by atoms with Gasteiger partial charge in [0.1, 0.15) is 11.5 Å². The molecule has 0 aliphatic carbocycles. The molecule has 2 atom stereocenters. The number of carbonyl (C=O) groups excluding carboxylic acids is 1. The second kappa shape index (κ2) is 9.35. The summed E-state index contributed by atoms with van der Waals surface area (Å²) < 4.78 is 85.5. The Morgan fingerprint density at radius 2 is 1.59 bits per heavy atom. The molecule has 32 heavy (non-hydrogen) atoms. The van der Waals surface area contributed by atoms with E-state index in [4.69, 9.17) is 4.74 Å². The molecule has 0 saturated carbocycles. The number of alkyl halides is 3. The van der Waals surface area contributed by atoms with Crippen LogP contribution in [-0.2, 0) is 19.6 Å². The van der Waals surface area contributed by atoms with Crippen LogP contribution in [0.5, 0.6) is 5.75 Å². The topological polar surface area (TPSA) is 69.7 Å². The van der Waals surface area contributed by atoms with Crippen LogP contribution in [0.1, 0.15) is 37.6 Å². The molecule has 0 radical (unpaired) electrons. The Balaban J connectivity index is 2.88. The second-order valence-electron chi connectivity index (χ2n) is 8.01.